The molecule has 0 unspecified atom stereocenters. The van der Waals surface area contributed by atoms with E-state index in [9.17, 15) is 15.6 Å². The second-order valence-corrected chi connectivity index (χ2v) is 16.2. The molecule has 0 saturated carbocycles. The van der Waals surface area contributed by atoms with Gasteiger partial charge < -0.3 is 10.0 Å². The third kappa shape index (κ3) is 8.93. The summed E-state index contributed by atoms with van der Waals surface area (Å²) in [6, 6.07) is 14.6. The average molecular weight is 904 g/mol. The number of anilines is 1. The number of likely N-dealkylation sites (tertiary alicyclic amines) is 1. The lowest BCUT2D eigenvalue weighted by Crippen LogP contribution is -2.53. The summed E-state index contributed by atoms with van der Waals surface area (Å²) >= 11 is 30.6. The smallest absolute Gasteiger partial charge is 0.190 e. The van der Waals surface area contributed by atoms with Gasteiger partial charge in [0.15, 0.2) is 22.7 Å². The third-order valence-electron chi connectivity index (χ3n) is 10.6. The van der Waals surface area contributed by atoms with Crippen LogP contribution in [0, 0.1) is 28.6 Å². The number of piperidine rings is 2. The maximum absolute atomic E-state index is 10.2. The van der Waals surface area contributed by atoms with E-state index in [1.54, 1.807) is 39.8 Å². The predicted octanol–water partition coefficient (Wildman–Crippen LogP) is 8.98. The molecule has 302 valence electrons. The molecule has 2 fully saturated rings. The molecule has 13 nitrogen and oxygen atoms in total. The molecule has 2 aliphatic rings. The van der Waals surface area contributed by atoms with Gasteiger partial charge in [-0.3, -0.25) is 4.90 Å². The van der Waals surface area contributed by atoms with E-state index >= 15 is 0 Å². The van der Waals surface area contributed by atoms with Gasteiger partial charge in [-0.05, 0) is 81.6 Å². The first-order valence-electron chi connectivity index (χ1n) is 18.5. The largest absolute Gasteiger partial charge is 0.396 e. The molecule has 4 aromatic heterocycles. The van der Waals surface area contributed by atoms with Gasteiger partial charge in [-0.2, -0.15) is 20.7 Å². The number of aromatic nitrogens is 8. The topological polar surface area (TPSA) is 161 Å². The van der Waals surface area contributed by atoms with Crippen LogP contribution in [0.4, 0.5) is 5.82 Å². The lowest BCUT2D eigenvalue weighted by molar-refractivity contribution is 0.0676. The van der Waals surface area contributed by atoms with E-state index in [0.717, 1.165) is 49.5 Å². The Kier molecular flexibility index (Phi) is 14.2. The van der Waals surface area contributed by atoms with Crippen LogP contribution in [0.25, 0.3) is 22.3 Å². The monoisotopic (exact) mass is 900 g/mol. The van der Waals surface area contributed by atoms with E-state index in [-0.39, 0.29) is 53.6 Å². The van der Waals surface area contributed by atoms with Crippen LogP contribution in [-0.2, 0) is 0 Å². The minimum atomic E-state index is -0.274. The number of nitrogens with zero attached hydrogens (tertiary/aromatic N) is 12. The molecule has 0 amide bonds. The summed E-state index contributed by atoms with van der Waals surface area (Å²) in [6.07, 6.45) is 7.85. The van der Waals surface area contributed by atoms with E-state index in [4.69, 9.17) is 63.0 Å². The SMILES string of the molecule is C[C@H](c1ccc(Cl)cc1Cl)n1nc(C#N)c2ncc(Cl)nc21.C[C@H](c1ccc(Cl)cc1Cl)n1nc(C#N)c2ncc(N3CC[C@@H](N4CCCCC4)[C@@H](CO)C3)nc21.Cl. The molecule has 6 heterocycles. The zero-order valence-electron chi connectivity index (χ0n) is 31.4. The molecule has 0 radical (unpaired) electrons. The highest BCUT2D eigenvalue weighted by Crippen LogP contribution is 2.34. The lowest BCUT2D eigenvalue weighted by Gasteiger charge is -2.45. The highest BCUT2D eigenvalue weighted by atomic mass is 35.5. The van der Waals surface area contributed by atoms with Crippen LogP contribution in [0.2, 0.25) is 25.2 Å². The van der Waals surface area contributed by atoms with Gasteiger partial charge in [0, 0.05) is 51.7 Å². The number of hydrogen-bond acceptors (Lipinski definition) is 11. The molecule has 2 aromatic carbocycles. The van der Waals surface area contributed by atoms with Crippen molar-refractivity contribution in [3.63, 3.8) is 0 Å². The van der Waals surface area contributed by atoms with Crippen molar-refractivity contribution in [2.75, 3.05) is 37.7 Å². The number of aliphatic hydroxyl groups excluding tert-OH is 1. The van der Waals surface area contributed by atoms with Crippen LogP contribution in [0.1, 0.15) is 74.1 Å². The second-order valence-electron chi connectivity index (χ2n) is 14.1. The first-order chi connectivity index (χ1) is 27.5. The second kappa shape index (κ2) is 18.9. The molecule has 2 saturated heterocycles. The molecule has 8 rings (SSSR count). The molecule has 0 aliphatic carbocycles. The number of aliphatic hydroxyl groups is 1. The summed E-state index contributed by atoms with van der Waals surface area (Å²) in [7, 11) is 0. The number of benzene rings is 2. The Labute approximate surface area is 366 Å². The fraction of sp³-hybridized carbons (Fsp3) is 0.385. The van der Waals surface area contributed by atoms with Gasteiger partial charge >= 0.3 is 0 Å². The van der Waals surface area contributed by atoms with Gasteiger partial charge in [0.1, 0.15) is 34.1 Å². The standard InChI is InChI=1S/C25H29Cl2N7O.C14H8Cl3N5.ClH/c1-16(19-6-5-18(26)11-20(19)27)34-25-24(21(12-28)31-34)29-13-23(30-25)33-10-7-22(17(14-33)15-35)32-8-3-2-4-9-32;1-7(9-3-2-8(15)4-10(9)16)22-14-13(11(5-18)21-22)19-6-12(17)20-14;/h5-6,11,13,16-17,22,35H,2-4,7-10,14-15H2,1H3;2-4,6-7H,1H3;1H/t16-,17-,22-;7-;/m11./s1. The van der Waals surface area contributed by atoms with Crippen molar-refractivity contribution in [3.8, 4) is 12.1 Å². The molecule has 58 heavy (non-hydrogen) atoms. The average Bonchev–Trinajstić information content (AvgIpc) is 3.78. The lowest BCUT2D eigenvalue weighted by atomic mass is 9.90. The Morgan fingerprint density at radius 1 is 0.759 bits per heavy atom. The number of hydrogen-bond donors (Lipinski definition) is 1. The number of rotatable bonds is 7. The molecule has 1 N–H and O–H groups in total. The van der Waals surface area contributed by atoms with Crippen LogP contribution in [-0.4, -0.2) is 88.3 Å². The fourth-order valence-electron chi connectivity index (χ4n) is 7.71. The first-order valence-corrected chi connectivity index (χ1v) is 20.4. The maximum Gasteiger partial charge on any atom is 0.190 e. The number of fused-ring (bicyclic) bond motifs is 2. The first kappa shape index (κ1) is 43.6. The van der Waals surface area contributed by atoms with Crippen LogP contribution < -0.4 is 4.90 Å². The molecule has 19 heteroatoms. The van der Waals surface area contributed by atoms with Crippen molar-refractivity contribution in [2.45, 2.75) is 57.7 Å². The van der Waals surface area contributed by atoms with Gasteiger partial charge in [0.25, 0.3) is 0 Å². The minimum absolute atomic E-state index is 0. The zero-order valence-corrected chi connectivity index (χ0v) is 36.0. The van der Waals surface area contributed by atoms with Crippen molar-refractivity contribution < 1.29 is 5.11 Å². The van der Waals surface area contributed by atoms with E-state index < -0.39 is 0 Å². The minimum Gasteiger partial charge on any atom is -0.396 e. The highest BCUT2D eigenvalue weighted by Gasteiger charge is 2.34. The molecule has 4 atom stereocenters. The third-order valence-corrected chi connectivity index (χ3v) is 12.0. The molecule has 0 spiro atoms. The van der Waals surface area contributed by atoms with Crippen LogP contribution in [0.3, 0.4) is 0 Å². The summed E-state index contributed by atoms with van der Waals surface area (Å²) in [5, 5.41) is 40.2. The van der Waals surface area contributed by atoms with Crippen LogP contribution in [0.5, 0.6) is 0 Å². The van der Waals surface area contributed by atoms with Gasteiger partial charge in [-0.15, -0.1) is 12.4 Å². The molecular formula is C39H38Cl6N12O. The summed E-state index contributed by atoms with van der Waals surface area (Å²) < 4.78 is 3.30. The van der Waals surface area contributed by atoms with Crippen molar-refractivity contribution >= 4 is 98.6 Å². The van der Waals surface area contributed by atoms with Gasteiger partial charge in [0.05, 0.1) is 24.5 Å². The zero-order chi connectivity index (χ0) is 40.4. The summed E-state index contributed by atoms with van der Waals surface area (Å²) in [4.78, 5) is 22.6. The highest BCUT2D eigenvalue weighted by molar-refractivity contribution is 6.35. The molecule has 6 aromatic rings. The summed E-state index contributed by atoms with van der Waals surface area (Å²) in [5.74, 6) is 0.888. The maximum atomic E-state index is 10.2. The van der Waals surface area contributed by atoms with E-state index in [2.05, 4.69) is 41.0 Å². The Bertz CT molecular complexity index is 2510. The summed E-state index contributed by atoms with van der Waals surface area (Å²) in [6.45, 7) is 7.80. The van der Waals surface area contributed by atoms with Gasteiger partial charge in [0.2, 0.25) is 0 Å². The molecular weight excluding hydrogens is 865 g/mol. The number of halogens is 6. The summed E-state index contributed by atoms with van der Waals surface area (Å²) in [5.41, 5.74) is 3.91. The van der Waals surface area contributed by atoms with Crippen molar-refractivity contribution in [3.05, 3.63) is 96.6 Å². The van der Waals surface area contributed by atoms with Crippen molar-refractivity contribution in [1.82, 2.24) is 44.4 Å². The van der Waals surface area contributed by atoms with Gasteiger partial charge in [-0.1, -0.05) is 76.6 Å². The Morgan fingerprint density at radius 2 is 1.29 bits per heavy atom. The Morgan fingerprint density at radius 3 is 1.81 bits per heavy atom. The van der Waals surface area contributed by atoms with E-state index in [1.807, 2.05) is 32.0 Å². The Hall–Kier alpha value is -4.02. The molecule has 2 aliphatic heterocycles. The van der Waals surface area contributed by atoms with E-state index in [0.29, 0.717) is 48.5 Å². The molecule has 0 bridgehead atoms. The number of nitriles is 2. The predicted molar refractivity (Wildman–Crippen MR) is 230 cm³/mol. The van der Waals surface area contributed by atoms with E-state index in [1.165, 1.54) is 25.5 Å². The fourth-order valence-corrected chi connectivity index (χ4v) is 8.97. The van der Waals surface area contributed by atoms with Crippen molar-refractivity contribution in [1.29, 1.82) is 10.5 Å². The van der Waals surface area contributed by atoms with Crippen LogP contribution >= 0.6 is 70.4 Å². The van der Waals surface area contributed by atoms with Crippen LogP contribution in [0.15, 0.2) is 48.8 Å². The quantitative estimate of drug-likeness (QED) is 0.163. The van der Waals surface area contributed by atoms with Gasteiger partial charge in [-0.25, -0.2) is 29.3 Å². The Balaban J connectivity index is 0.000000213. The van der Waals surface area contributed by atoms with Crippen molar-refractivity contribution in [2.24, 2.45) is 5.92 Å². The normalized spacial score (nSPS) is 18.1.